The number of hydrogen-bond donors (Lipinski definition) is 1. The molecule has 1 aliphatic heterocycles. The molecule has 2 aromatic heterocycles. The van der Waals surface area contributed by atoms with Crippen LogP contribution in [0.3, 0.4) is 0 Å². The van der Waals surface area contributed by atoms with E-state index in [1.807, 2.05) is 17.8 Å². The van der Waals surface area contributed by atoms with Crippen molar-refractivity contribution >= 4 is 16.5 Å². The number of nitrogens with zero attached hydrogens (tertiary/aromatic N) is 6. The molecule has 3 fully saturated rings. The van der Waals surface area contributed by atoms with Gasteiger partial charge in [0, 0.05) is 19.7 Å². The third-order valence-corrected chi connectivity index (χ3v) is 7.49. The van der Waals surface area contributed by atoms with Crippen LogP contribution in [0.4, 0.5) is 5.13 Å². The van der Waals surface area contributed by atoms with E-state index in [1.54, 1.807) is 25.2 Å². The van der Waals surface area contributed by atoms with Gasteiger partial charge in [0.25, 0.3) is 0 Å². The molecule has 158 valence electrons. The zero-order valence-electron chi connectivity index (χ0n) is 17.4. The third kappa shape index (κ3) is 4.04. The highest BCUT2D eigenvalue weighted by atomic mass is 32.1. The molecule has 0 unspecified atom stereocenters. The topological polar surface area (TPSA) is 89.2 Å². The van der Waals surface area contributed by atoms with Gasteiger partial charge in [-0.15, -0.1) is 15.3 Å². The van der Waals surface area contributed by atoms with Crippen molar-refractivity contribution in [3.63, 3.8) is 0 Å². The summed E-state index contributed by atoms with van der Waals surface area (Å²) < 4.78 is 8.37. The van der Waals surface area contributed by atoms with E-state index in [2.05, 4.69) is 25.4 Å². The number of aliphatic hydroxyl groups is 1. The molecule has 0 radical (unpaired) electrons. The molecule has 0 amide bonds. The van der Waals surface area contributed by atoms with Gasteiger partial charge in [0.2, 0.25) is 5.13 Å². The Morgan fingerprint density at radius 3 is 2.55 bits per heavy atom. The Kier molecular flexibility index (Phi) is 4.87. The zero-order chi connectivity index (χ0) is 20.2. The molecule has 4 atom stereocenters. The first-order chi connectivity index (χ1) is 13.9. The maximum Gasteiger partial charge on any atom is 0.208 e. The molecule has 2 saturated carbocycles. The lowest BCUT2D eigenvalue weighted by molar-refractivity contribution is -0.0376. The van der Waals surface area contributed by atoms with Crippen molar-refractivity contribution in [2.45, 2.75) is 64.2 Å². The van der Waals surface area contributed by atoms with E-state index >= 15 is 0 Å². The molecule has 9 heteroatoms. The van der Waals surface area contributed by atoms with E-state index in [0.29, 0.717) is 17.5 Å². The summed E-state index contributed by atoms with van der Waals surface area (Å²) in [7, 11) is 0. The van der Waals surface area contributed by atoms with Crippen LogP contribution in [0.15, 0.2) is 6.20 Å². The van der Waals surface area contributed by atoms with E-state index in [0.717, 1.165) is 48.6 Å². The first kappa shape index (κ1) is 19.4. The average Bonchev–Trinajstić information content (AvgIpc) is 3.07. The molecule has 0 aromatic carbocycles. The zero-order valence-corrected chi connectivity index (χ0v) is 18.2. The summed E-state index contributed by atoms with van der Waals surface area (Å²) in [4.78, 5) is 2.39. The number of aromatic nitrogens is 5. The largest absolute Gasteiger partial charge is 0.384 e. The van der Waals surface area contributed by atoms with Crippen molar-refractivity contribution < 1.29 is 9.84 Å². The minimum absolute atomic E-state index is 0.143. The minimum Gasteiger partial charge on any atom is -0.384 e. The second-order valence-corrected chi connectivity index (χ2v) is 10.7. The number of fused-ring (bicyclic) bond motifs is 1. The summed E-state index contributed by atoms with van der Waals surface area (Å²) in [5.74, 6) is 1.93. The second kappa shape index (κ2) is 7.28. The highest BCUT2D eigenvalue weighted by Gasteiger charge is 2.45. The lowest BCUT2D eigenvalue weighted by atomic mass is 9.77. The van der Waals surface area contributed by atoms with Gasteiger partial charge in [-0.2, -0.15) is 0 Å². The average molecular weight is 419 g/mol. The lowest BCUT2D eigenvalue weighted by Crippen LogP contribution is -2.38. The Morgan fingerprint density at radius 2 is 1.93 bits per heavy atom. The fraction of sp³-hybridized carbons (Fsp3) is 0.800. The van der Waals surface area contributed by atoms with Gasteiger partial charge in [0.1, 0.15) is 16.3 Å². The Labute approximate surface area is 175 Å². The molecule has 8 nitrogen and oxygen atoms in total. The standard InChI is InChI=1S/C20H30N6O2S/c1-12-21-23-19(29-12)25-8-14-6-16(26-10-18(22-24-26)20(2,3)27)17(7-15(14)9-25)28-11-13-4-5-13/h10,13-17,27H,4-9,11H2,1-3H3/t14-,15+,16-,17-/m1/s1. The Hall–Kier alpha value is -1.58. The number of anilines is 1. The van der Waals surface area contributed by atoms with Crippen molar-refractivity contribution in [3.8, 4) is 0 Å². The van der Waals surface area contributed by atoms with Crippen LogP contribution in [0.5, 0.6) is 0 Å². The summed E-state index contributed by atoms with van der Waals surface area (Å²) in [5, 5.41) is 29.5. The SMILES string of the molecule is Cc1nnc(N2C[C@H]3C[C@@H](n4cc(C(C)(C)O)nn4)[C@H](OCC4CC4)C[C@H]3C2)s1. The van der Waals surface area contributed by atoms with E-state index < -0.39 is 5.60 Å². The van der Waals surface area contributed by atoms with Crippen LogP contribution in [0.1, 0.15) is 56.3 Å². The Morgan fingerprint density at radius 1 is 1.17 bits per heavy atom. The van der Waals surface area contributed by atoms with E-state index in [4.69, 9.17) is 4.74 Å². The molecule has 3 heterocycles. The Bertz CT molecular complexity index is 857. The quantitative estimate of drug-likeness (QED) is 0.771. The van der Waals surface area contributed by atoms with E-state index in [1.165, 1.54) is 12.8 Å². The van der Waals surface area contributed by atoms with Crippen LogP contribution in [-0.4, -0.2) is 56.1 Å². The van der Waals surface area contributed by atoms with Gasteiger partial charge in [-0.3, -0.25) is 0 Å². The lowest BCUT2D eigenvalue weighted by Gasteiger charge is -2.37. The van der Waals surface area contributed by atoms with Crippen LogP contribution in [0.25, 0.3) is 0 Å². The van der Waals surface area contributed by atoms with Gasteiger partial charge in [-0.05, 0) is 64.2 Å². The number of ether oxygens (including phenoxy) is 1. The predicted molar refractivity (Wildman–Crippen MR) is 110 cm³/mol. The maximum absolute atomic E-state index is 10.3. The molecule has 1 N–H and O–H groups in total. The minimum atomic E-state index is -0.986. The highest BCUT2D eigenvalue weighted by Crippen LogP contribution is 2.44. The van der Waals surface area contributed by atoms with Gasteiger partial charge in [-0.25, -0.2) is 4.68 Å². The van der Waals surface area contributed by atoms with Crippen molar-refractivity contribution in [2.24, 2.45) is 17.8 Å². The summed E-state index contributed by atoms with van der Waals surface area (Å²) >= 11 is 1.67. The maximum atomic E-state index is 10.3. The van der Waals surface area contributed by atoms with Crippen molar-refractivity contribution in [3.05, 3.63) is 16.9 Å². The summed E-state index contributed by atoms with van der Waals surface area (Å²) in [6, 6.07) is 0.162. The van der Waals surface area contributed by atoms with Gasteiger partial charge < -0.3 is 14.7 Å². The van der Waals surface area contributed by atoms with Crippen LogP contribution in [-0.2, 0) is 10.3 Å². The third-order valence-electron chi connectivity index (χ3n) is 6.59. The first-order valence-corrected chi connectivity index (χ1v) is 11.5. The highest BCUT2D eigenvalue weighted by molar-refractivity contribution is 7.15. The molecule has 2 aliphatic carbocycles. The van der Waals surface area contributed by atoms with Crippen LogP contribution < -0.4 is 4.90 Å². The van der Waals surface area contributed by atoms with Crippen LogP contribution in [0.2, 0.25) is 0 Å². The van der Waals surface area contributed by atoms with E-state index in [9.17, 15) is 5.11 Å². The van der Waals surface area contributed by atoms with Gasteiger partial charge >= 0.3 is 0 Å². The summed E-state index contributed by atoms with van der Waals surface area (Å²) in [6.45, 7) is 8.40. The van der Waals surface area contributed by atoms with Gasteiger partial charge in [0.15, 0.2) is 0 Å². The molecule has 29 heavy (non-hydrogen) atoms. The van der Waals surface area contributed by atoms with Crippen molar-refractivity contribution in [1.82, 2.24) is 25.2 Å². The van der Waals surface area contributed by atoms with Gasteiger partial charge in [-0.1, -0.05) is 16.6 Å². The molecule has 3 aliphatic rings. The smallest absolute Gasteiger partial charge is 0.208 e. The van der Waals surface area contributed by atoms with Crippen molar-refractivity contribution in [1.29, 1.82) is 0 Å². The molecule has 1 saturated heterocycles. The number of hydrogen-bond acceptors (Lipinski definition) is 8. The van der Waals surface area contributed by atoms with Crippen LogP contribution in [0, 0.1) is 24.7 Å². The molecule has 0 bridgehead atoms. The summed E-state index contributed by atoms with van der Waals surface area (Å²) in [5.41, 5.74) is -0.377. The second-order valence-electron chi connectivity index (χ2n) is 9.53. The normalized spacial score (nSPS) is 30.0. The molecule has 5 rings (SSSR count). The predicted octanol–water partition coefficient (Wildman–Crippen LogP) is 2.55. The van der Waals surface area contributed by atoms with Crippen molar-refractivity contribution in [2.75, 3.05) is 24.6 Å². The van der Waals surface area contributed by atoms with Crippen LogP contribution >= 0.6 is 11.3 Å². The number of rotatable bonds is 6. The monoisotopic (exact) mass is 418 g/mol. The Balaban J connectivity index is 1.35. The van der Waals surface area contributed by atoms with E-state index in [-0.39, 0.29) is 12.1 Å². The summed E-state index contributed by atoms with van der Waals surface area (Å²) in [6.07, 6.45) is 6.68. The molecular weight excluding hydrogens is 388 g/mol. The molecule has 2 aromatic rings. The fourth-order valence-electron chi connectivity index (χ4n) is 4.68. The molecule has 0 spiro atoms. The molecular formula is C20H30N6O2S. The first-order valence-electron chi connectivity index (χ1n) is 10.7. The number of aryl methyl sites for hydroxylation is 1. The van der Waals surface area contributed by atoms with Gasteiger partial charge in [0.05, 0.1) is 18.3 Å². The fourth-order valence-corrected chi connectivity index (χ4v) is 5.39.